The van der Waals surface area contributed by atoms with E-state index in [0.29, 0.717) is 23.0 Å². The Kier molecular flexibility index (Phi) is 7.40. The summed E-state index contributed by atoms with van der Waals surface area (Å²) in [4.78, 5) is 17.9. The van der Waals surface area contributed by atoms with Gasteiger partial charge in [0.05, 0.1) is 24.9 Å². The van der Waals surface area contributed by atoms with Crippen LogP contribution in [0.25, 0.3) is 0 Å². The van der Waals surface area contributed by atoms with Gasteiger partial charge >= 0.3 is 5.97 Å². The highest BCUT2D eigenvalue weighted by Crippen LogP contribution is 2.23. The number of phenolic OH excluding ortho intramolecular Hbond substituents is 1. The molecule has 1 heterocycles. The van der Waals surface area contributed by atoms with Crippen LogP contribution in [0.1, 0.15) is 32.0 Å². The van der Waals surface area contributed by atoms with E-state index in [1.807, 2.05) is 12.1 Å². The van der Waals surface area contributed by atoms with Crippen LogP contribution >= 0.6 is 11.3 Å². The van der Waals surface area contributed by atoms with Crippen LogP contribution in [0.5, 0.6) is 5.75 Å². The number of aromatic hydroxyl groups is 1. The van der Waals surface area contributed by atoms with Gasteiger partial charge in [-0.15, -0.1) is 11.3 Å². The second-order valence-electron chi connectivity index (χ2n) is 5.41. The minimum atomic E-state index is -0.300. The predicted octanol–water partition coefficient (Wildman–Crippen LogP) is 3.25. The van der Waals surface area contributed by atoms with E-state index >= 15 is 0 Å². The van der Waals surface area contributed by atoms with Crippen molar-refractivity contribution in [1.29, 1.82) is 0 Å². The summed E-state index contributed by atoms with van der Waals surface area (Å²) in [5.41, 5.74) is 5.03. The van der Waals surface area contributed by atoms with Crippen LogP contribution in [0.4, 0.5) is 10.8 Å². The number of aromatic nitrogens is 1. The third kappa shape index (κ3) is 5.45. The summed E-state index contributed by atoms with van der Waals surface area (Å²) in [6, 6.07) is 5.51. The maximum absolute atomic E-state index is 11.4. The minimum Gasteiger partial charge on any atom is -0.507 e. The lowest BCUT2D eigenvalue weighted by Crippen LogP contribution is -2.21. The molecule has 26 heavy (non-hydrogen) atoms. The summed E-state index contributed by atoms with van der Waals surface area (Å²) in [6.45, 7) is 8.03. The second-order valence-corrected chi connectivity index (χ2v) is 6.27. The third-order valence-electron chi connectivity index (χ3n) is 3.69. The molecule has 140 valence electrons. The number of ether oxygens (including phenoxy) is 1. The molecule has 7 nitrogen and oxygen atoms in total. The normalized spacial score (nSPS) is 10.9. The lowest BCUT2D eigenvalue weighted by Gasteiger charge is -2.21. The summed E-state index contributed by atoms with van der Waals surface area (Å²) in [5, 5.41) is 16.6. The molecule has 0 bridgehead atoms. The largest absolute Gasteiger partial charge is 0.507 e. The van der Waals surface area contributed by atoms with E-state index in [4.69, 9.17) is 4.74 Å². The van der Waals surface area contributed by atoms with Crippen LogP contribution in [-0.2, 0) is 16.0 Å². The van der Waals surface area contributed by atoms with Crippen LogP contribution in [-0.4, -0.2) is 42.0 Å². The molecule has 2 aromatic rings. The van der Waals surface area contributed by atoms with E-state index in [2.05, 4.69) is 34.3 Å². The van der Waals surface area contributed by atoms with Crippen LogP contribution in [0.15, 0.2) is 28.7 Å². The number of carbonyl (C=O) groups excluding carboxylic acids is 1. The predicted molar refractivity (Wildman–Crippen MR) is 105 cm³/mol. The van der Waals surface area contributed by atoms with E-state index in [1.54, 1.807) is 18.4 Å². The zero-order valence-electron chi connectivity index (χ0n) is 15.2. The first-order chi connectivity index (χ1) is 12.6. The molecule has 0 aliphatic rings. The van der Waals surface area contributed by atoms with Crippen LogP contribution in [0, 0.1) is 0 Å². The molecule has 0 atom stereocenters. The van der Waals surface area contributed by atoms with Gasteiger partial charge in [-0.3, -0.25) is 10.2 Å². The van der Waals surface area contributed by atoms with Gasteiger partial charge in [0, 0.05) is 35.8 Å². The van der Waals surface area contributed by atoms with Crippen molar-refractivity contribution in [2.24, 2.45) is 5.10 Å². The third-order valence-corrected chi connectivity index (χ3v) is 4.48. The smallest absolute Gasteiger partial charge is 0.311 e. The topological polar surface area (TPSA) is 87.0 Å². The number of anilines is 2. The molecule has 1 aromatic carbocycles. The number of nitrogens with one attached hydrogen (secondary N) is 1. The first-order valence-corrected chi connectivity index (χ1v) is 9.42. The Morgan fingerprint density at radius 2 is 2.15 bits per heavy atom. The molecule has 0 aliphatic carbocycles. The van der Waals surface area contributed by atoms with Crippen LogP contribution in [0.3, 0.4) is 0 Å². The Balaban J connectivity index is 1.96. The van der Waals surface area contributed by atoms with E-state index in [1.165, 1.54) is 17.6 Å². The number of nitrogens with zero attached hydrogens (tertiary/aromatic N) is 3. The first-order valence-electron chi connectivity index (χ1n) is 8.54. The maximum atomic E-state index is 11.4. The van der Waals surface area contributed by atoms with Gasteiger partial charge in [0.25, 0.3) is 0 Å². The number of benzene rings is 1. The van der Waals surface area contributed by atoms with Gasteiger partial charge in [-0.2, -0.15) is 5.10 Å². The number of hydrogen-bond acceptors (Lipinski definition) is 8. The number of phenols is 1. The number of hydrogen-bond donors (Lipinski definition) is 2. The van der Waals surface area contributed by atoms with Gasteiger partial charge in [0.15, 0.2) is 0 Å². The molecular formula is C18H24N4O3S. The Hall–Kier alpha value is -2.61. The van der Waals surface area contributed by atoms with E-state index < -0.39 is 0 Å². The average Bonchev–Trinajstić information content (AvgIpc) is 3.05. The van der Waals surface area contributed by atoms with Crippen molar-refractivity contribution < 1.29 is 14.6 Å². The maximum Gasteiger partial charge on any atom is 0.311 e. The van der Waals surface area contributed by atoms with E-state index in [9.17, 15) is 9.90 Å². The van der Waals surface area contributed by atoms with Crippen molar-refractivity contribution in [2.45, 2.75) is 27.2 Å². The molecule has 2 N–H and O–H groups in total. The first kappa shape index (κ1) is 19.7. The molecule has 8 heteroatoms. The number of esters is 1. The van der Waals surface area contributed by atoms with Crippen molar-refractivity contribution in [3.8, 4) is 5.75 Å². The SMILES string of the molecule is CCOC(=O)Cc1csc(NN=Cc2ccc(N(CC)CC)cc2O)n1. The number of rotatable bonds is 9. The molecular weight excluding hydrogens is 352 g/mol. The van der Waals surface area contributed by atoms with Gasteiger partial charge in [-0.05, 0) is 32.9 Å². The van der Waals surface area contributed by atoms with E-state index in [-0.39, 0.29) is 18.1 Å². The van der Waals surface area contributed by atoms with Crippen molar-refractivity contribution >= 4 is 34.3 Å². The van der Waals surface area contributed by atoms with Gasteiger partial charge in [-0.1, -0.05) is 0 Å². The zero-order valence-corrected chi connectivity index (χ0v) is 16.0. The lowest BCUT2D eigenvalue weighted by molar-refractivity contribution is -0.142. The van der Waals surface area contributed by atoms with Gasteiger partial charge < -0.3 is 14.7 Å². The number of hydrazone groups is 1. The molecule has 2 rings (SSSR count). The fourth-order valence-corrected chi connectivity index (χ4v) is 3.04. The molecule has 1 aromatic heterocycles. The highest BCUT2D eigenvalue weighted by molar-refractivity contribution is 7.13. The van der Waals surface area contributed by atoms with Crippen molar-refractivity contribution in [2.75, 3.05) is 30.0 Å². The number of carbonyl (C=O) groups is 1. The van der Waals surface area contributed by atoms with Crippen molar-refractivity contribution in [1.82, 2.24) is 4.98 Å². The summed E-state index contributed by atoms with van der Waals surface area (Å²) in [5.74, 6) is -0.131. The lowest BCUT2D eigenvalue weighted by atomic mass is 10.2. The highest BCUT2D eigenvalue weighted by atomic mass is 32.1. The highest BCUT2D eigenvalue weighted by Gasteiger charge is 2.08. The zero-order chi connectivity index (χ0) is 18.9. The van der Waals surface area contributed by atoms with E-state index in [0.717, 1.165) is 18.8 Å². The van der Waals surface area contributed by atoms with Crippen molar-refractivity contribution in [3.63, 3.8) is 0 Å². The molecule has 0 radical (unpaired) electrons. The quantitative estimate of drug-likeness (QED) is 0.397. The second kappa shape index (κ2) is 9.76. The Labute approximate surface area is 157 Å². The average molecular weight is 376 g/mol. The molecule has 0 aliphatic heterocycles. The Bertz CT molecular complexity index is 757. The van der Waals surface area contributed by atoms with Gasteiger partial charge in [-0.25, -0.2) is 4.98 Å². The Morgan fingerprint density at radius 1 is 1.38 bits per heavy atom. The summed E-state index contributed by atoms with van der Waals surface area (Å²) in [6.07, 6.45) is 1.68. The molecule has 0 spiro atoms. The standard InChI is InChI=1S/C18H24N4O3S/c1-4-22(5-2)15-8-7-13(16(23)10-15)11-19-21-18-20-14(12-26-18)9-17(24)25-6-3/h7-8,10-12,23H,4-6,9H2,1-3H3,(H,20,21). The molecule has 0 saturated heterocycles. The van der Waals surface area contributed by atoms with Crippen molar-refractivity contribution in [3.05, 3.63) is 34.8 Å². The van der Waals surface area contributed by atoms with Crippen LogP contribution in [0.2, 0.25) is 0 Å². The van der Waals surface area contributed by atoms with Crippen LogP contribution < -0.4 is 10.3 Å². The summed E-state index contributed by atoms with van der Waals surface area (Å²) >= 11 is 1.35. The summed E-state index contributed by atoms with van der Waals surface area (Å²) < 4.78 is 4.89. The molecule has 0 amide bonds. The van der Waals surface area contributed by atoms with Gasteiger partial charge in [0.2, 0.25) is 5.13 Å². The fourth-order valence-electron chi connectivity index (χ4n) is 2.38. The molecule has 0 fully saturated rings. The van der Waals surface area contributed by atoms with Gasteiger partial charge in [0.1, 0.15) is 5.75 Å². The fraction of sp³-hybridized carbons (Fsp3) is 0.389. The number of thiazole rings is 1. The monoisotopic (exact) mass is 376 g/mol. The molecule has 0 saturated carbocycles. The molecule has 0 unspecified atom stereocenters. The Morgan fingerprint density at radius 3 is 2.81 bits per heavy atom. The minimum absolute atomic E-state index is 0.142. The summed E-state index contributed by atoms with van der Waals surface area (Å²) in [7, 11) is 0.